The van der Waals surface area contributed by atoms with Gasteiger partial charge in [0, 0.05) is 27.4 Å². The molecule has 5 nitrogen and oxygen atoms in total. The van der Waals surface area contributed by atoms with E-state index in [2.05, 4.69) is 0 Å². The summed E-state index contributed by atoms with van der Waals surface area (Å²) in [5.41, 5.74) is 0. The number of rotatable bonds is 8. The first kappa shape index (κ1) is 15.0. The van der Waals surface area contributed by atoms with E-state index in [1.54, 1.807) is 21.3 Å². The average Bonchev–Trinajstić information content (AvgIpc) is 3.03. The first-order chi connectivity index (χ1) is 6.76. The molecule has 1 fully saturated rings. The van der Waals surface area contributed by atoms with Gasteiger partial charge < -0.3 is 23.5 Å². The monoisotopic (exact) mass is 238 g/mol. The molecule has 1 aliphatic rings. The zero-order chi connectivity index (χ0) is 10.4. The maximum Gasteiger partial charge on any atom is 0.500 e. The lowest BCUT2D eigenvalue weighted by Gasteiger charge is -2.24. The quantitative estimate of drug-likeness (QED) is 0.353. The van der Waals surface area contributed by atoms with Crippen molar-refractivity contribution < 1.29 is 23.5 Å². The van der Waals surface area contributed by atoms with Gasteiger partial charge in [-0.25, -0.2) is 0 Å². The smallest absolute Gasteiger partial charge is 0.412 e. The maximum atomic E-state index is 5.32. The fourth-order valence-corrected chi connectivity index (χ4v) is 3.30. The Bertz CT molecular complexity index is 150. The highest BCUT2D eigenvalue weighted by atomic mass is 28.4. The van der Waals surface area contributed by atoms with E-state index in [1.807, 2.05) is 0 Å². The zero-order valence-electron chi connectivity index (χ0n) is 9.75. The van der Waals surface area contributed by atoms with Crippen LogP contribution in [0.1, 0.15) is 19.3 Å². The van der Waals surface area contributed by atoms with Crippen molar-refractivity contribution in [3.05, 3.63) is 0 Å². The normalized spacial score (nSPS) is 19.8. The van der Waals surface area contributed by atoms with Gasteiger partial charge in [-0.15, -0.1) is 0 Å². The molecule has 0 aliphatic carbocycles. The van der Waals surface area contributed by atoms with E-state index in [0.717, 1.165) is 31.9 Å². The SMILES string of the molecule is CO[Si](CCCCC1CO1)(OC)OC.O. The number of unbranched alkanes of at least 4 members (excludes halogenated alkanes) is 1. The molecule has 1 rings (SSSR count). The number of hydrogen-bond donors (Lipinski definition) is 0. The third kappa shape index (κ3) is 5.05. The van der Waals surface area contributed by atoms with Crippen molar-refractivity contribution in [2.75, 3.05) is 27.9 Å². The first-order valence-corrected chi connectivity index (χ1v) is 6.96. The largest absolute Gasteiger partial charge is 0.500 e. The van der Waals surface area contributed by atoms with Crippen molar-refractivity contribution in [2.45, 2.75) is 31.4 Å². The predicted octanol–water partition coefficient (Wildman–Crippen LogP) is 0.609. The Balaban J connectivity index is 0.00000196. The molecular weight excluding hydrogens is 216 g/mol. The maximum absolute atomic E-state index is 5.32. The number of ether oxygens (including phenoxy) is 1. The van der Waals surface area contributed by atoms with Gasteiger partial charge in [-0.3, -0.25) is 0 Å². The van der Waals surface area contributed by atoms with Crippen LogP contribution in [0.5, 0.6) is 0 Å². The summed E-state index contributed by atoms with van der Waals surface area (Å²) in [5, 5.41) is 0. The van der Waals surface area contributed by atoms with Crippen LogP contribution in [0, 0.1) is 0 Å². The summed E-state index contributed by atoms with van der Waals surface area (Å²) in [7, 11) is 2.66. The summed E-state index contributed by atoms with van der Waals surface area (Å²) in [6.45, 7) is 0.946. The molecule has 0 aromatic carbocycles. The zero-order valence-corrected chi connectivity index (χ0v) is 10.7. The van der Waals surface area contributed by atoms with E-state index in [1.165, 1.54) is 0 Å². The number of epoxide rings is 1. The summed E-state index contributed by atoms with van der Waals surface area (Å²) in [4.78, 5) is 0. The van der Waals surface area contributed by atoms with Gasteiger partial charge in [-0.1, -0.05) is 6.42 Å². The molecule has 1 atom stereocenters. The van der Waals surface area contributed by atoms with Gasteiger partial charge in [0.25, 0.3) is 0 Å². The minimum atomic E-state index is -2.31. The fourth-order valence-electron chi connectivity index (χ4n) is 1.50. The molecule has 0 aromatic rings. The van der Waals surface area contributed by atoms with Crippen LogP contribution in [-0.4, -0.2) is 48.3 Å². The molecular formula is C9H22O5Si. The summed E-state index contributed by atoms with van der Waals surface area (Å²) in [6.07, 6.45) is 3.93. The molecule has 1 saturated heterocycles. The molecule has 92 valence electrons. The molecule has 1 aliphatic heterocycles. The Morgan fingerprint density at radius 2 is 1.67 bits per heavy atom. The molecule has 6 heteroatoms. The highest BCUT2D eigenvalue weighted by Gasteiger charge is 2.37. The van der Waals surface area contributed by atoms with Crippen LogP contribution in [-0.2, 0) is 18.0 Å². The second-order valence-corrected chi connectivity index (χ2v) is 6.59. The lowest BCUT2D eigenvalue weighted by atomic mass is 10.2. The summed E-state index contributed by atoms with van der Waals surface area (Å²) >= 11 is 0. The van der Waals surface area contributed by atoms with E-state index >= 15 is 0 Å². The van der Waals surface area contributed by atoms with Crippen molar-refractivity contribution in [3.8, 4) is 0 Å². The van der Waals surface area contributed by atoms with E-state index in [4.69, 9.17) is 18.0 Å². The molecule has 0 aromatic heterocycles. The summed E-state index contributed by atoms with van der Waals surface area (Å²) in [5.74, 6) is 0. The highest BCUT2D eigenvalue weighted by molar-refractivity contribution is 6.60. The lowest BCUT2D eigenvalue weighted by Crippen LogP contribution is -2.42. The van der Waals surface area contributed by atoms with Crippen molar-refractivity contribution >= 4 is 8.80 Å². The molecule has 1 unspecified atom stereocenters. The average molecular weight is 238 g/mol. The van der Waals surface area contributed by atoms with Crippen molar-refractivity contribution in [1.82, 2.24) is 0 Å². The first-order valence-electron chi connectivity index (χ1n) is 5.03. The Morgan fingerprint density at radius 1 is 1.13 bits per heavy atom. The highest BCUT2D eigenvalue weighted by Crippen LogP contribution is 2.21. The van der Waals surface area contributed by atoms with Gasteiger partial charge >= 0.3 is 8.80 Å². The van der Waals surface area contributed by atoms with E-state index in [9.17, 15) is 0 Å². The minimum absolute atomic E-state index is 0. The van der Waals surface area contributed by atoms with Gasteiger partial charge in [0.1, 0.15) is 0 Å². The molecule has 1 heterocycles. The van der Waals surface area contributed by atoms with Crippen LogP contribution in [0.15, 0.2) is 0 Å². The van der Waals surface area contributed by atoms with Crippen LogP contribution in [0.2, 0.25) is 6.04 Å². The molecule has 15 heavy (non-hydrogen) atoms. The standard InChI is InChI=1S/C9H20O4Si.H2O/c1-10-14(11-2,12-3)7-5-4-6-9-8-13-9;/h9H,4-8H2,1-3H3;1H2. The molecule has 0 spiro atoms. The van der Waals surface area contributed by atoms with Crippen LogP contribution in [0.4, 0.5) is 0 Å². The minimum Gasteiger partial charge on any atom is -0.412 e. The van der Waals surface area contributed by atoms with E-state index in [-0.39, 0.29) is 5.48 Å². The molecule has 0 amide bonds. The lowest BCUT2D eigenvalue weighted by molar-refractivity contribution is 0.122. The fraction of sp³-hybridized carbons (Fsp3) is 1.00. The van der Waals surface area contributed by atoms with Crippen LogP contribution in [0.25, 0.3) is 0 Å². The van der Waals surface area contributed by atoms with E-state index < -0.39 is 8.80 Å². The van der Waals surface area contributed by atoms with Crippen molar-refractivity contribution in [3.63, 3.8) is 0 Å². The predicted molar refractivity (Wildman–Crippen MR) is 58.8 cm³/mol. The van der Waals surface area contributed by atoms with Gasteiger partial charge in [0.05, 0.1) is 12.7 Å². The van der Waals surface area contributed by atoms with Crippen LogP contribution < -0.4 is 0 Å². The summed E-state index contributed by atoms with van der Waals surface area (Å²) < 4.78 is 21.1. The van der Waals surface area contributed by atoms with Crippen LogP contribution >= 0.6 is 0 Å². The van der Waals surface area contributed by atoms with Gasteiger partial charge in [0.15, 0.2) is 0 Å². The Morgan fingerprint density at radius 3 is 2.07 bits per heavy atom. The molecule has 0 radical (unpaired) electrons. The molecule has 2 N–H and O–H groups in total. The topological polar surface area (TPSA) is 71.7 Å². The van der Waals surface area contributed by atoms with Crippen LogP contribution in [0.3, 0.4) is 0 Å². The van der Waals surface area contributed by atoms with Gasteiger partial charge in [-0.05, 0) is 12.8 Å². The Labute approximate surface area is 92.3 Å². The second-order valence-electron chi connectivity index (χ2n) is 3.50. The third-order valence-corrected chi connectivity index (χ3v) is 5.43. The third-order valence-electron chi connectivity index (χ3n) is 2.59. The Kier molecular flexibility index (Phi) is 7.32. The molecule has 0 saturated carbocycles. The van der Waals surface area contributed by atoms with E-state index in [0.29, 0.717) is 6.10 Å². The van der Waals surface area contributed by atoms with Crippen molar-refractivity contribution in [2.24, 2.45) is 0 Å². The van der Waals surface area contributed by atoms with Gasteiger partial charge in [-0.2, -0.15) is 0 Å². The Hall–Kier alpha value is 0.0169. The second kappa shape index (κ2) is 7.32. The van der Waals surface area contributed by atoms with Crippen molar-refractivity contribution in [1.29, 1.82) is 0 Å². The summed E-state index contributed by atoms with van der Waals surface area (Å²) in [6, 6.07) is 0.892. The van der Waals surface area contributed by atoms with Gasteiger partial charge in [0.2, 0.25) is 0 Å². The molecule has 0 bridgehead atoms. The number of hydrogen-bond acceptors (Lipinski definition) is 4.